The molecule has 0 spiro atoms. The van der Waals surface area contributed by atoms with Crippen molar-refractivity contribution in [2.75, 3.05) is 20.7 Å². The minimum absolute atomic E-state index is 0.0204. The van der Waals surface area contributed by atoms with Gasteiger partial charge in [-0.05, 0) is 36.4 Å². The average Bonchev–Trinajstić information content (AvgIpc) is 2.63. The van der Waals surface area contributed by atoms with E-state index in [1.807, 2.05) is 0 Å². The van der Waals surface area contributed by atoms with Crippen LogP contribution in [0.4, 0.5) is 0 Å². The summed E-state index contributed by atoms with van der Waals surface area (Å²) in [6.45, 7) is -0.438. The largest absolute Gasteiger partial charge is 0.504 e. The van der Waals surface area contributed by atoms with Crippen LogP contribution < -0.4 is 10.2 Å². The number of likely N-dealkylation sites (N-methyl/N-ethyl adjacent to an activating group) is 1. The third-order valence-corrected chi connectivity index (χ3v) is 5.60. The Kier molecular flexibility index (Phi) is 6.78. The van der Waals surface area contributed by atoms with E-state index in [0.717, 1.165) is 4.31 Å². The molecule has 0 fully saturated rings. The van der Waals surface area contributed by atoms with E-state index in [-0.39, 0.29) is 16.4 Å². The summed E-state index contributed by atoms with van der Waals surface area (Å²) in [4.78, 5) is 12.0. The Morgan fingerprint density at radius 3 is 2.59 bits per heavy atom. The van der Waals surface area contributed by atoms with Gasteiger partial charge in [-0.1, -0.05) is 17.7 Å². The van der Waals surface area contributed by atoms with Gasteiger partial charge < -0.3 is 9.84 Å². The summed E-state index contributed by atoms with van der Waals surface area (Å²) >= 11 is 5.75. The summed E-state index contributed by atoms with van der Waals surface area (Å²) in [6.07, 6.45) is 1.23. The van der Waals surface area contributed by atoms with Gasteiger partial charge in [-0.15, -0.1) is 0 Å². The van der Waals surface area contributed by atoms with Crippen LogP contribution in [-0.2, 0) is 14.8 Å². The normalized spacial score (nSPS) is 11.7. The molecule has 2 rings (SSSR count). The van der Waals surface area contributed by atoms with Crippen LogP contribution in [0.5, 0.6) is 11.5 Å². The minimum atomic E-state index is -3.84. The number of methoxy groups -OCH3 is 1. The topological polar surface area (TPSA) is 108 Å². The van der Waals surface area contributed by atoms with Crippen LogP contribution in [0.1, 0.15) is 5.56 Å². The number of nitrogens with zero attached hydrogens (tertiary/aromatic N) is 2. The Bertz CT molecular complexity index is 946. The fourth-order valence-electron chi connectivity index (χ4n) is 2.09. The number of hydrazone groups is 1. The van der Waals surface area contributed by atoms with Crippen molar-refractivity contribution in [3.8, 4) is 11.5 Å². The highest BCUT2D eigenvalue weighted by Crippen LogP contribution is 2.27. The number of ether oxygens (including phenoxy) is 1. The number of phenolic OH excluding ortho intramolecular Hbond substituents is 1. The van der Waals surface area contributed by atoms with Gasteiger partial charge in [0.2, 0.25) is 10.0 Å². The summed E-state index contributed by atoms with van der Waals surface area (Å²) in [5.74, 6) is -0.506. The first kappa shape index (κ1) is 20.7. The summed E-state index contributed by atoms with van der Waals surface area (Å²) in [5.41, 5.74) is 2.54. The summed E-state index contributed by atoms with van der Waals surface area (Å²) in [6, 6.07) is 10.4. The molecule has 0 saturated carbocycles. The van der Waals surface area contributed by atoms with Crippen LogP contribution >= 0.6 is 11.6 Å². The molecule has 0 heterocycles. The van der Waals surface area contributed by atoms with E-state index in [9.17, 15) is 18.3 Å². The minimum Gasteiger partial charge on any atom is -0.504 e. The van der Waals surface area contributed by atoms with Gasteiger partial charge in [0.25, 0.3) is 5.91 Å². The van der Waals surface area contributed by atoms with Crippen molar-refractivity contribution in [1.29, 1.82) is 0 Å². The number of carbonyl (C=O) groups excluding carboxylic acids is 1. The smallest absolute Gasteiger partial charge is 0.255 e. The maximum absolute atomic E-state index is 12.4. The summed E-state index contributed by atoms with van der Waals surface area (Å²) < 4.78 is 30.7. The lowest BCUT2D eigenvalue weighted by Crippen LogP contribution is -2.36. The van der Waals surface area contributed by atoms with Crippen molar-refractivity contribution in [1.82, 2.24) is 9.73 Å². The maximum Gasteiger partial charge on any atom is 0.255 e. The molecule has 0 bridgehead atoms. The Morgan fingerprint density at radius 1 is 1.30 bits per heavy atom. The molecule has 0 aliphatic rings. The van der Waals surface area contributed by atoms with Gasteiger partial charge in [0.1, 0.15) is 0 Å². The second kappa shape index (κ2) is 8.85. The molecule has 27 heavy (non-hydrogen) atoms. The van der Waals surface area contributed by atoms with E-state index < -0.39 is 22.5 Å². The number of amides is 1. The highest BCUT2D eigenvalue weighted by atomic mass is 35.5. The number of phenols is 1. The Hall–Kier alpha value is -2.62. The molecular weight excluding hydrogens is 394 g/mol. The molecule has 8 nitrogen and oxygen atoms in total. The maximum atomic E-state index is 12.4. The first-order chi connectivity index (χ1) is 12.8. The van der Waals surface area contributed by atoms with Crippen molar-refractivity contribution in [2.24, 2.45) is 5.10 Å². The number of hydrogen-bond donors (Lipinski definition) is 2. The quantitative estimate of drug-likeness (QED) is 0.533. The van der Waals surface area contributed by atoms with Crippen molar-refractivity contribution in [3.63, 3.8) is 0 Å². The number of halogens is 1. The number of para-hydroxylation sites is 1. The summed E-state index contributed by atoms with van der Waals surface area (Å²) in [5, 5.41) is 14.1. The van der Waals surface area contributed by atoms with Crippen molar-refractivity contribution in [2.45, 2.75) is 4.90 Å². The molecule has 0 saturated heterocycles. The molecule has 1 amide bonds. The van der Waals surface area contributed by atoms with Crippen LogP contribution in [0.2, 0.25) is 5.02 Å². The first-order valence-corrected chi connectivity index (χ1v) is 9.47. The van der Waals surface area contributed by atoms with Crippen LogP contribution in [0, 0.1) is 0 Å². The molecule has 0 aliphatic heterocycles. The van der Waals surface area contributed by atoms with Crippen LogP contribution in [0.25, 0.3) is 0 Å². The Morgan fingerprint density at radius 2 is 1.96 bits per heavy atom. The van der Waals surface area contributed by atoms with E-state index in [4.69, 9.17) is 16.3 Å². The lowest BCUT2D eigenvalue weighted by atomic mass is 10.2. The fraction of sp³-hybridized carbons (Fsp3) is 0.176. The number of benzene rings is 2. The number of sulfonamides is 1. The standard InChI is InChI=1S/C17H18ClN3O5S/c1-21(27(24,25)14-8-6-13(18)7-9-14)11-16(22)20-19-10-12-4-3-5-15(26-2)17(12)23/h3-10,23H,11H2,1-2H3,(H,20,22)/b19-10-. The molecule has 0 radical (unpaired) electrons. The van der Waals surface area contributed by atoms with Gasteiger partial charge in [0.15, 0.2) is 11.5 Å². The van der Waals surface area contributed by atoms with Crippen LogP contribution in [0.15, 0.2) is 52.5 Å². The molecule has 0 unspecified atom stereocenters. The second-order valence-electron chi connectivity index (χ2n) is 5.41. The molecule has 144 valence electrons. The fourth-order valence-corrected chi connectivity index (χ4v) is 3.34. The predicted octanol–water partition coefficient (Wildman–Crippen LogP) is 1.82. The van der Waals surface area contributed by atoms with Gasteiger partial charge in [-0.2, -0.15) is 9.41 Å². The van der Waals surface area contributed by atoms with Gasteiger partial charge in [0, 0.05) is 17.6 Å². The molecule has 2 aromatic rings. The van der Waals surface area contributed by atoms with Gasteiger partial charge >= 0.3 is 0 Å². The Labute approximate surface area is 162 Å². The zero-order valence-electron chi connectivity index (χ0n) is 14.6. The van der Waals surface area contributed by atoms with Crippen LogP contribution in [-0.4, -0.2) is 50.7 Å². The number of nitrogens with one attached hydrogen (secondary N) is 1. The van der Waals surface area contributed by atoms with Crippen molar-refractivity contribution >= 4 is 33.7 Å². The lowest BCUT2D eigenvalue weighted by Gasteiger charge is -2.16. The average molecular weight is 412 g/mol. The molecule has 2 aromatic carbocycles. The highest BCUT2D eigenvalue weighted by Gasteiger charge is 2.22. The number of carbonyl (C=O) groups is 1. The number of rotatable bonds is 7. The Balaban J connectivity index is 2.00. The molecule has 0 aromatic heterocycles. The second-order valence-corrected chi connectivity index (χ2v) is 7.89. The van der Waals surface area contributed by atoms with E-state index >= 15 is 0 Å². The molecule has 2 N–H and O–H groups in total. The SMILES string of the molecule is COc1cccc(/C=N\NC(=O)CN(C)S(=O)(=O)c2ccc(Cl)cc2)c1O. The molecule has 0 aliphatic carbocycles. The van der Waals surface area contributed by atoms with Crippen molar-refractivity contribution < 1.29 is 23.1 Å². The number of aromatic hydroxyl groups is 1. The van der Waals surface area contributed by atoms with E-state index in [2.05, 4.69) is 10.5 Å². The lowest BCUT2D eigenvalue weighted by molar-refractivity contribution is -0.121. The third-order valence-electron chi connectivity index (χ3n) is 3.53. The highest BCUT2D eigenvalue weighted by molar-refractivity contribution is 7.89. The van der Waals surface area contributed by atoms with E-state index in [1.54, 1.807) is 18.2 Å². The van der Waals surface area contributed by atoms with Gasteiger partial charge in [-0.3, -0.25) is 4.79 Å². The zero-order valence-corrected chi connectivity index (χ0v) is 16.2. The van der Waals surface area contributed by atoms with Crippen LogP contribution in [0.3, 0.4) is 0 Å². The predicted molar refractivity (Wildman–Crippen MR) is 102 cm³/mol. The van der Waals surface area contributed by atoms with E-state index in [1.165, 1.54) is 44.6 Å². The molecular formula is C17H18ClN3O5S. The van der Waals surface area contributed by atoms with Crippen molar-refractivity contribution in [3.05, 3.63) is 53.1 Å². The monoisotopic (exact) mass is 411 g/mol. The summed E-state index contributed by atoms with van der Waals surface area (Å²) in [7, 11) is -1.15. The third kappa shape index (κ3) is 5.19. The first-order valence-electron chi connectivity index (χ1n) is 7.65. The van der Waals surface area contributed by atoms with E-state index in [0.29, 0.717) is 10.6 Å². The zero-order chi connectivity index (χ0) is 20.0. The molecule has 0 atom stereocenters. The molecule has 10 heteroatoms. The number of hydrogen-bond acceptors (Lipinski definition) is 6. The van der Waals surface area contributed by atoms with Gasteiger partial charge in [0.05, 0.1) is 24.8 Å². The van der Waals surface area contributed by atoms with Gasteiger partial charge in [-0.25, -0.2) is 13.8 Å².